The van der Waals surface area contributed by atoms with E-state index >= 15 is 0 Å². The molecular weight excluding hydrogens is 354 g/mol. The number of carbonyl (C=O) groups is 2. The van der Waals surface area contributed by atoms with Crippen LogP contribution in [-0.2, 0) is 4.74 Å². The zero-order chi connectivity index (χ0) is 20.3. The van der Waals surface area contributed by atoms with Crippen LogP contribution in [0.4, 0.5) is 10.6 Å². The van der Waals surface area contributed by atoms with Gasteiger partial charge in [-0.1, -0.05) is 24.3 Å². The Morgan fingerprint density at radius 2 is 1.86 bits per heavy atom. The SMILES string of the molecule is CN(C(=O)OC(C)(C)C)c1ccc([C@H]2CCCN2C(=O)c2ccccc2)cn1. The largest absolute Gasteiger partial charge is 0.443 e. The van der Waals surface area contributed by atoms with Crippen molar-refractivity contribution in [2.45, 2.75) is 45.3 Å². The summed E-state index contributed by atoms with van der Waals surface area (Å²) in [7, 11) is 1.64. The average Bonchev–Trinajstić information content (AvgIpc) is 3.16. The molecule has 0 N–H and O–H groups in total. The number of nitrogens with zero attached hydrogens (tertiary/aromatic N) is 3. The van der Waals surface area contributed by atoms with Gasteiger partial charge < -0.3 is 9.64 Å². The maximum Gasteiger partial charge on any atom is 0.415 e. The third-order valence-electron chi connectivity index (χ3n) is 4.70. The van der Waals surface area contributed by atoms with Gasteiger partial charge in [-0.15, -0.1) is 0 Å². The molecule has 1 aliphatic rings. The molecule has 1 aliphatic heterocycles. The van der Waals surface area contributed by atoms with E-state index in [9.17, 15) is 9.59 Å². The van der Waals surface area contributed by atoms with Crippen LogP contribution < -0.4 is 4.90 Å². The summed E-state index contributed by atoms with van der Waals surface area (Å²) < 4.78 is 5.38. The van der Waals surface area contributed by atoms with Gasteiger partial charge in [-0.3, -0.25) is 9.69 Å². The standard InChI is InChI=1S/C22H27N3O3/c1-22(2,3)28-21(27)24(4)19-13-12-17(15-23-19)18-11-8-14-25(18)20(26)16-9-6-5-7-10-16/h5-7,9-10,12-13,15,18H,8,11,14H2,1-4H3/t18-/m1/s1. The molecule has 0 bridgehead atoms. The molecule has 3 rings (SSSR count). The van der Waals surface area contributed by atoms with E-state index in [0.717, 1.165) is 24.9 Å². The van der Waals surface area contributed by atoms with Gasteiger partial charge in [-0.05, 0) is 57.4 Å². The predicted octanol–water partition coefficient (Wildman–Crippen LogP) is 4.43. The molecule has 2 amide bonds. The summed E-state index contributed by atoms with van der Waals surface area (Å²) in [5.41, 5.74) is 1.11. The Balaban J connectivity index is 1.73. The van der Waals surface area contributed by atoms with Crippen molar-refractivity contribution < 1.29 is 14.3 Å². The summed E-state index contributed by atoms with van der Waals surface area (Å²) in [5.74, 6) is 0.551. The lowest BCUT2D eigenvalue weighted by Crippen LogP contribution is -2.34. The molecule has 0 radical (unpaired) electrons. The molecule has 1 saturated heterocycles. The molecule has 6 heteroatoms. The second kappa shape index (κ2) is 8.00. The third kappa shape index (κ3) is 4.50. The van der Waals surface area contributed by atoms with Crippen LogP contribution in [0.5, 0.6) is 0 Å². The molecule has 1 atom stereocenters. The molecule has 6 nitrogen and oxygen atoms in total. The van der Waals surface area contributed by atoms with E-state index in [1.165, 1.54) is 4.90 Å². The zero-order valence-electron chi connectivity index (χ0n) is 16.9. The van der Waals surface area contributed by atoms with E-state index in [4.69, 9.17) is 4.74 Å². The number of amides is 2. The van der Waals surface area contributed by atoms with E-state index in [2.05, 4.69) is 4.98 Å². The van der Waals surface area contributed by atoms with Gasteiger partial charge in [0.15, 0.2) is 0 Å². The average molecular weight is 381 g/mol. The number of anilines is 1. The van der Waals surface area contributed by atoms with Crippen molar-refractivity contribution in [3.05, 3.63) is 59.8 Å². The van der Waals surface area contributed by atoms with Gasteiger partial charge in [0.2, 0.25) is 0 Å². The number of hydrogen-bond donors (Lipinski definition) is 0. The highest BCUT2D eigenvalue weighted by molar-refractivity contribution is 5.94. The Kier molecular flexibility index (Phi) is 5.68. The van der Waals surface area contributed by atoms with Crippen LogP contribution in [-0.4, -0.2) is 41.1 Å². The van der Waals surface area contributed by atoms with Crippen LogP contribution in [0.1, 0.15) is 55.6 Å². The maximum absolute atomic E-state index is 12.9. The van der Waals surface area contributed by atoms with E-state index < -0.39 is 11.7 Å². The van der Waals surface area contributed by atoms with Crippen LogP contribution in [0, 0.1) is 0 Å². The molecule has 148 valence electrons. The smallest absolute Gasteiger partial charge is 0.415 e. The monoisotopic (exact) mass is 381 g/mol. The number of ether oxygens (including phenoxy) is 1. The Labute approximate surface area is 166 Å². The summed E-state index contributed by atoms with van der Waals surface area (Å²) in [6.45, 7) is 6.22. The lowest BCUT2D eigenvalue weighted by atomic mass is 10.1. The first-order valence-electron chi connectivity index (χ1n) is 9.55. The molecule has 1 aromatic carbocycles. The minimum absolute atomic E-state index is 0.00101. The highest BCUT2D eigenvalue weighted by atomic mass is 16.6. The van der Waals surface area contributed by atoms with E-state index in [1.54, 1.807) is 19.3 Å². The summed E-state index contributed by atoms with van der Waals surface area (Å²) in [6, 6.07) is 13.1. The number of likely N-dealkylation sites (tertiary alicyclic amines) is 1. The van der Waals surface area contributed by atoms with Crippen LogP contribution in [0.15, 0.2) is 48.7 Å². The summed E-state index contributed by atoms with van der Waals surface area (Å²) >= 11 is 0. The van der Waals surface area contributed by atoms with Crippen molar-refractivity contribution >= 4 is 17.8 Å². The molecule has 2 aromatic rings. The first-order valence-corrected chi connectivity index (χ1v) is 9.55. The van der Waals surface area contributed by atoms with Crippen molar-refractivity contribution in [2.75, 3.05) is 18.5 Å². The van der Waals surface area contributed by atoms with Gasteiger partial charge in [0, 0.05) is 25.4 Å². The molecule has 1 fully saturated rings. The predicted molar refractivity (Wildman–Crippen MR) is 108 cm³/mol. The highest BCUT2D eigenvalue weighted by Crippen LogP contribution is 2.33. The normalized spacial score (nSPS) is 16.7. The van der Waals surface area contributed by atoms with Crippen molar-refractivity contribution in [2.24, 2.45) is 0 Å². The minimum atomic E-state index is -0.562. The van der Waals surface area contributed by atoms with Crippen LogP contribution >= 0.6 is 0 Å². The fraction of sp³-hybridized carbons (Fsp3) is 0.409. The number of benzene rings is 1. The summed E-state index contributed by atoms with van der Waals surface area (Å²) in [5, 5.41) is 0. The van der Waals surface area contributed by atoms with Gasteiger partial charge >= 0.3 is 6.09 Å². The van der Waals surface area contributed by atoms with Crippen molar-refractivity contribution in [3.8, 4) is 0 Å². The lowest BCUT2D eigenvalue weighted by molar-refractivity contribution is 0.0588. The second-order valence-electron chi connectivity index (χ2n) is 8.01. The second-order valence-corrected chi connectivity index (χ2v) is 8.01. The molecule has 0 unspecified atom stereocenters. The van der Waals surface area contributed by atoms with Crippen molar-refractivity contribution in [1.29, 1.82) is 0 Å². The highest BCUT2D eigenvalue weighted by Gasteiger charge is 2.31. The molecule has 2 heterocycles. The number of hydrogen-bond acceptors (Lipinski definition) is 4. The van der Waals surface area contributed by atoms with E-state index in [-0.39, 0.29) is 11.9 Å². The molecule has 1 aromatic heterocycles. The van der Waals surface area contributed by atoms with Gasteiger partial charge in [-0.2, -0.15) is 0 Å². The lowest BCUT2D eigenvalue weighted by Gasteiger charge is -2.26. The maximum atomic E-state index is 12.9. The minimum Gasteiger partial charge on any atom is -0.443 e. The van der Waals surface area contributed by atoms with Crippen molar-refractivity contribution in [1.82, 2.24) is 9.88 Å². The number of rotatable bonds is 3. The first-order chi connectivity index (χ1) is 13.3. The number of carbonyl (C=O) groups excluding carboxylic acids is 2. The number of pyridine rings is 1. The third-order valence-corrected chi connectivity index (χ3v) is 4.70. The molecule has 0 saturated carbocycles. The Hall–Kier alpha value is -2.89. The van der Waals surface area contributed by atoms with Crippen LogP contribution in [0.2, 0.25) is 0 Å². The Bertz CT molecular complexity index is 828. The molecule has 0 aliphatic carbocycles. The summed E-state index contributed by atoms with van der Waals surface area (Å²) in [4.78, 5) is 32.8. The van der Waals surface area contributed by atoms with E-state index in [1.807, 2.05) is 62.1 Å². The van der Waals surface area contributed by atoms with Gasteiger partial charge in [0.1, 0.15) is 11.4 Å². The number of aromatic nitrogens is 1. The quantitative estimate of drug-likeness (QED) is 0.789. The zero-order valence-corrected chi connectivity index (χ0v) is 16.9. The summed E-state index contributed by atoms with van der Waals surface area (Å²) in [6.07, 6.45) is 3.16. The fourth-order valence-corrected chi connectivity index (χ4v) is 3.32. The molecular formula is C22H27N3O3. The Morgan fingerprint density at radius 1 is 1.14 bits per heavy atom. The molecule has 0 spiro atoms. The van der Waals surface area contributed by atoms with Crippen LogP contribution in [0.3, 0.4) is 0 Å². The van der Waals surface area contributed by atoms with Crippen LogP contribution in [0.25, 0.3) is 0 Å². The van der Waals surface area contributed by atoms with Gasteiger partial charge in [0.25, 0.3) is 5.91 Å². The van der Waals surface area contributed by atoms with Crippen molar-refractivity contribution in [3.63, 3.8) is 0 Å². The Morgan fingerprint density at radius 3 is 2.46 bits per heavy atom. The van der Waals surface area contributed by atoms with Gasteiger partial charge in [-0.25, -0.2) is 9.78 Å². The van der Waals surface area contributed by atoms with Gasteiger partial charge in [0.05, 0.1) is 6.04 Å². The first kappa shape index (κ1) is 19.9. The van der Waals surface area contributed by atoms with E-state index in [0.29, 0.717) is 11.4 Å². The fourth-order valence-electron chi connectivity index (χ4n) is 3.32. The topological polar surface area (TPSA) is 62.7 Å². The molecule has 28 heavy (non-hydrogen) atoms.